The summed E-state index contributed by atoms with van der Waals surface area (Å²) in [7, 11) is 4.14. The smallest absolute Gasteiger partial charge is 0.122 e. The third-order valence-corrected chi connectivity index (χ3v) is 3.22. The van der Waals surface area contributed by atoms with E-state index >= 15 is 0 Å². The van der Waals surface area contributed by atoms with Crippen LogP contribution in [0.25, 0.3) is 0 Å². The van der Waals surface area contributed by atoms with E-state index < -0.39 is 0 Å². The van der Waals surface area contributed by atoms with Gasteiger partial charge in [0.25, 0.3) is 0 Å². The third kappa shape index (κ3) is 2.50. The number of aromatic hydroxyl groups is 2. The Bertz CT molecular complexity index is 380. The molecule has 0 aliphatic heterocycles. The van der Waals surface area contributed by atoms with Crippen molar-refractivity contribution in [1.82, 2.24) is 4.90 Å². The lowest BCUT2D eigenvalue weighted by Crippen LogP contribution is -2.33. The Labute approximate surface area is 106 Å². The molecule has 0 heterocycles. The van der Waals surface area contributed by atoms with E-state index in [0.717, 1.165) is 30.4 Å². The normalized spacial score (nSPS) is 19.1. The van der Waals surface area contributed by atoms with Crippen LogP contribution in [0.1, 0.15) is 17.5 Å². The summed E-state index contributed by atoms with van der Waals surface area (Å²) in [5.74, 6) is 0.396. The molecule has 0 amide bonds. The van der Waals surface area contributed by atoms with Crippen LogP contribution >= 0.6 is 17.0 Å². The lowest BCUT2D eigenvalue weighted by molar-refractivity contribution is 0.266. The summed E-state index contributed by atoms with van der Waals surface area (Å²) in [6, 6.07) is 3.71. The zero-order chi connectivity index (χ0) is 11.0. The lowest BCUT2D eigenvalue weighted by Gasteiger charge is -2.30. The first-order valence-electron chi connectivity index (χ1n) is 5.28. The molecule has 0 bridgehead atoms. The monoisotopic (exact) mass is 287 g/mol. The molecular weight excluding hydrogens is 270 g/mol. The largest absolute Gasteiger partial charge is 0.508 e. The third-order valence-electron chi connectivity index (χ3n) is 3.22. The fourth-order valence-corrected chi connectivity index (χ4v) is 2.28. The van der Waals surface area contributed by atoms with Crippen molar-refractivity contribution in [2.75, 3.05) is 14.1 Å². The van der Waals surface area contributed by atoms with Crippen LogP contribution in [0.5, 0.6) is 11.5 Å². The summed E-state index contributed by atoms with van der Waals surface area (Å²) >= 11 is 0. The van der Waals surface area contributed by atoms with Gasteiger partial charge in [-0.1, -0.05) is 0 Å². The molecule has 0 saturated carbocycles. The second-order valence-electron chi connectivity index (χ2n) is 4.46. The number of hydrogen-bond acceptors (Lipinski definition) is 3. The number of halogens is 1. The van der Waals surface area contributed by atoms with Gasteiger partial charge in [-0.3, -0.25) is 0 Å². The summed E-state index contributed by atoms with van der Waals surface area (Å²) in [6.07, 6.45) is 2.87. The van der Waals surface area contributed by atoms with Gasteiger partial charge in [0.05, 0.1) is 0 Å². The molecule has 2 rings (SSSR count). The Morgan fingerprint density at radius 1 is 1.25 bits per heavy atom. The molecule has 4 heteroatoms. The zero-order valence-corrected chi connectivity index (χ0v) is 11.3. The maximum atomic E-state index is 9.69. The van der Waals surface area contributed by atoms with Gasteiger partial charge < -0.3 is 15.1 Å². The molecule has 0 saturated heterocycles. The van der Waals surface area contributed by atoms with Gasteiger partial charge >= 0.3 is 0 Å². The number of rotatable bonds is 1. The molecule has 0 aromatic heterocycles. The van der Waals surface area contributed by atoms with E-state index in [0.29, 0.717) is 6.04 Å². The molecule has 0 spiro atoms. The minimum atomic E-state index is 0. The average Bonchev–Trinajstić information content (AvgIpc) is 2.16. The molecule has 1 aliphatic rings. The molecule has 1 unspecified atom stereocenters. The van der Waals surface area contributed by atoms with Crippen molar-refractivity contribution >= 4 is 17.0 Å². The molecule has 1 aromatic rings. The van der Waals surface area contributed by atoms with Gasteiger partial charge in [-0.2, -0.15) is 0 Å². The number of hydrogen-bond donors (Lipinski definition) is 2. The Hall–Kier alpha value is -0.740. The molecule has 0 radical (unpaired) electrons. The number of fused-ring (bicyclic) bond motifs is 1. The van der Waals surface area contributed by atoms with Crippen LogP contribution in [0.2, 0.25) is 0 Å². The van der Waals surface area contributed by atoms with Crippen LogP contribution in [-0.4, -0.2) is 35.3 Å². The second-order valence-corrected chi connectivity index (χ2v) is 4.46. The molecule has 16 heavy (non-hydrogen) atoms. The molecule has 1 atom stereocenters. The number of nitrogens with zero attached hydrogens (tertiary/aromatic N) is 1. The molecule has 1 aliphatic carbocycles. The van der Waals surface area contributed by atoms with Crippen molar-refractivity contribution in [3.05, 3.63) is 23.3 Å². The molecular formula is C12H18BrNO2. The van der Waals surface area contributed by atoms with Gasteiger partial charge in [-0.05, 0) is 50.6 Å². The standard InChI is InChI=1S/C12H17NO2.BrH/c1-13(2)9-3-4-11-8(5-9)6-10(14)7-12(11)15;/h6-7,9,14-15H,3-5H2,1-2H3;1H. The van der Waals surface area contributed by atoms with E-state index in [1.807, 2.05) is 0 Å². The van der Waals surface area contributed by atoms with Crippen molar-refractivity contribution in [3.63, 3.8) is 0 Å². The topological polar surface area (TPSA) is 43.7 Å². The van der Waals surface area contributed by atoms with Gasteiger partial charge in [-0.15, -0.1) is 17.0 Å². The van der Waals surface area contributed by atoms with Crippen molar-refractivity contribution in [1.29, 1.82) is 0 Å². The van der Waals surface area contributed by atoms with Crippen LogP contribution < -0.4 is 0 Å². The van der Waals surface area contributed by atoms with Crippen LogP contribution in [0.4, 0.5) is 0 Å². The van der Waals surface area contributed by atoms with Gasteiger partial charge in [0.15, 0.2) is 0 Å². The minimum Gasteiger partial charge on any atom is -0.508 e. The maximum absolute atomic E-state index is 9.69. The average molecular weight is 288 g/mol. The number of phenols is 2. The highest BCUT2D eigenvalue weighted by atomic mass is 79.9. The highest BCUT2D eigenvalue weighted by Gasteiger charge is 2.22. The fraction of sp³-hybridized carbons (Fsp3) is 0.500. The van der Waals surface area contributed by atoms with Crippen LogP contribution in [0.3, 0.4) is 0 Å². The zero-order valence-electron chi connectivity index (χ0n) is 9.60. The predicted molar refractivity (Wildman–Crippen MR) is 69.6 cm³/mol. The molecule has 0 fully saturated rings. The summed E-state index contributed by atoms with van der Waals surface area (Å²) in [5.41, 5.74) is 2.09. The molecule has 1 aromatic carbocycles. The summed E-state index contributed by atoms with van der Waals surface area (Å²) < 4.78 is 0. The highest BCUT2D eigenvalue weighted by Crippen LogP contribution is 2.33. The summed E-state index contributed by atoms with van der Waals surface area (Å²) in [6.45, 7) is 0. The fourth-order valence-electron chi connectivity index (χ4n) is 2.28. The number of likely N-dealkylation sites (N-methyl/N-ethyl adjacent to an activating group) is 1. The first kappa shape index (κ1) is 13.3. The molecule has 2 N–H and O–H groups in total. The van der Waals surface area contributed by atoms with E-state index in [1.54, 1.807) is 6.07 Å². The van der Waals surface area contributed by atoms with E-state index in [-0.39, 0.29) is 28.5 Å². The van der Waals surface area contributed by atoms with Crippen molar-refractivity contribution < 1.29 is 10.2 Å². The van der Waals surface area contributed by atoms with E-state index in [2.05, 4.69) is 19.0 Å². The van der Waals surface area contributed by atoms with Gasteiger partial charge in [0, 0.05) is 12.1 Å². The second kappa shape index (κ2) is 5.06. The molecule has 90 valence electrons. The number of phenolic OH excluding ortho intramolecular Hbond substituents is 2. The van der Waals surface area contributed by atoms with E-state index in [9.17, 15) is 10.2 Å². The van der Waals surface area contributed by atoms with Crippen molar-refractivity contribution in [2.24, 2.45) is 0 Å². The minimum absolute atomic E-state index is 0. The Kier molecular flexibility index (Phi) is 4.21. The quantitative estimate of drug-likeness (QED) is 0.831. The van der Waals surface area contributed by atoms with E-state index in [1.165, 1.54) is 6.07 Å². The number of benzene rings is 1. The first-order valence-corrected chi connectivity index (χ1v) is 5.28. The highest BCUT2D eigenvalue weighted by molar-refractivity contribution is 8.93. The maximum Gasteiger partial charge on any atom is 0.122 e. The summed E-state index contributed by atoms with van der Waals surface area (Å²) in [4.78, 5) is 2.20. The van der Waals surface area contributed by atoms with Gasteiger partial charge in [0.1, 0.15) is 11.5 Å². The van der Waals surface area contributed by atoms with Crippen molar-refractivity contribution in [2.45, 2.75) is 25.3 Å². The van der Waals surface area contributed by atoms with E-state index in [4.69, 9.17) is 0 Å². The Morgan fingerprint density at radius 2 is 1.94 bits per heavy atom. The van der Waals surface area contributed by atoms with Crippen LogP contribution in [0.15, 0.2) is 12.1 Å². The summed E-state index contributed by atoms with van der Waals surface area (Å²) in [5, 5.41) is 19.1. The predicted octanol–water partition coefficient (Wildman–Crippen LogP) is 2.09. The van der Waals surface area contributed by atoms with Crippen LogP contribution in [0, 0.1) is 0 Å². The lowest BCUT2D eigenvalue weighted by atomic mass is 9.87. The van der Waals surface area contributed by atoms with Gasteiger partial charge in [-0.25, -0.2) is 0 Å². The van der Waals surface area contributed by atoms with Crippen LogP contribution in [-0.2, 0) is 12.8 Å². The first-order chi connectivity index (χ1) is 7.08. The van der Waals surface area contributed by atoms with Gasteiger partial charge in [0.2, 0.25) is 0 Å². The SMILES string of the molecule is Br.CN(C)C1CCc2c(O)cc(O)cc2C1. The Morgan fingerprint density at radius 3 is 2.56 bits per heavy atom. The Balaban J connectivity index is 0.00000128. The van der Waals surface area contributed by atoms with Crippen molar-refractivity contribution in [3.8, 4) is 11.5 Å². The molecule has 3 nitrogen and oxygen atoms in total.